The van der Waals surface area contributed by atoms with Crippen molar-refractivity contribution in [2.45, 2.75) is 16.3 Å². The van der Waals surface area contributed by atoms with Gasteiger partial charge in [0.05, 0.1) is 9.92 Å². The third-order valence-corrected chi connectivity index (χ3v) is 6.00. The number of sulfonamides is 1. The highest BCUT2D eigenvalue weighted by Gasteiger charge is 2.22. The predicted molar refractivity (Wildman–Crippen MR) is 88.3 cm³/mol. The first-order valence-corrected chi connectivity index (χ1v) is 9.43. The van der Waals surface area contributed by atoms with E-state index >= 15 is 0 Å². The highest BCUT2D eigenvalue weighted by atomic mass is 35.5. The lowest BCUT2D eigenvalue weighted by atomic mass is 10.2. The summed E-state index contributed by atoms with van der Waals surface area (Å²) in [4.78, 5) is 1.08. The van der Waals surface area contributed by atoms with Crippen molar-refractivity contribution in [2.75, 3.05) is 13.3 Å². The third kappa shape index (κ3) is 3.81. The van der Waals surface area contributed by atoms with Gasteiger partial charge in [0, 0.05) is 18.5 Å². The van der Waals surface area contributed by atoms with Crippen molar-refractivity contribution < 1.29 is 12.8 Å². The SMILES string of the molecule is CSc1ccc(CN(C)S(=O)(=O)c2ccc(F)c(Cl)c2)cc1. The Bertz CT molecular complexity index is 764. The molecule has 3 nitrogen and oxygen atoms in total. The van der Waals surface area contributed by atoms with E-state index in [0.29, 0.717) is 0 Å². The van der Waals surface area contributed by atoms with Gasteiger partial charge in [0.2, 0.25) is 10.0 Å². The van der Waals surface area contributed by atoms with Crippen LogP contribution in [0.4, 0.5) is 4.39 Å². The highest BCUT2D eigenvalue weighted by Crippen LogP contribution is 2.23. The summed E-state index contributed by atoms with van der Waals surface area (Å²) in [6, 6.07) is 11.0. The monoisotopic (exact) mass is 359 g/mol. The van der Waals surface area contributed by atoms with Crippen LogP contribution in [0.1, 0.15) is 5.56 Å². The lowest BCUT2D eigenvalue weighted by Gasteiger charge is -2.17. The minimum absolute atomic E-state index is 0.0258. The second-order valence-electron chi connectivity index (χ2n) is 4.69. The molecule has 0 radical (unpaired) electrons. The molecule has 0 saturated heterocycles. The van der Waals surface area contributed by atoms with Gasteiger partial charge < -0.3 is 0 Å². The summed E-state index contributed by atoms with van der Waals surface area (Å²) in [5.41, 5.74) is 0.872. The highest BCUT2D eigenvalue weighted by molar-refractivity contribution is 7.98. The lowest BCUT2D eigenvalue weighted by Crippen LogP contribution is -2.26. The number of rotatable bonds is 5. The summed E-state index contributed by atoms with van der Waals surface area (Å²) in [5, 5.41) is -0.209. The predicted octanol–water partition coefficient (Wildman–Crippen LogP) is 4.02. The Kier molecular flexibility index (Phi) is 5.50. The summed E-state index contributed by atoms with van der Waals surface area (Å²) in [6.45, 7) is 0.228. The quantitative estimate of drug-likeness (QED) is 0.756. The number of hydrogen-bond donors (Lipinski definition) is 0. The Morgan fingerprint density at radius 1 is 1.18 bits per heavy atom. The fourth-order valence-corrected chi connectivity index (χ4v) is 3.73. The van der Waals surface area contributed by atoms with Gasteiger partial charge in [-0.15, -0.1) is 11.8 Å². The van der Waals surface area contributed by atoms with E-state index in [4.69, 9.17) is 11.6 Å². The molecule has 0 aliphatic heterocycles. The number of hydrogen-bond acceptors (Lipinski definition) is 3. The van der Waals surface area contributed by atoms with Crippen molar-refractivity contribution in [3.63, 3.8) is 0 Å². The molecule has 0 atom stereocenters. The fraction of sp³-hybridized carbons (Fsp3) is 0.200. The van der Waals surface area contributed by atoms with E-state index in [2.05, 4.69) is 0 Å². The zero-order valence-corrected chi connectivity index (χ0v) is 14.5. The van der Waals surface area contributed by atoms with Crippen molar-refractivity contribution >= 4 is 33.4 Å². The van der Waals surface area contributed by atoms with Gasteiger partial charge in [-0.1, -0.05) is 23.7 Å². The molecule has 0 aromatic heterocycles. The Balaban J connectivity index is 2.22. The molecule has 7 heteroatoms. The first kappa shape index (κ1) is 17.3. The van der Waals surface area contributed by atoms with Gasteiger partial charge in [0.15, 0.2) is 0 Å². The van der Waals surface area contributed by atoms with E-state index in [1.54, 1.807) is 11.8 Å². The van der Waals surface area contributed by atoms with Crippen LogP contribution in [-0.4, -0.2) is 26.0 Å². The molecule has 0 amide bonds. The Hall–Kier alpha value is -1.08. The van der Waals surface area contributed by atoms with Crippen LogP contribution in [0.25, 0.3) is 0 Å². The average molecular weight is 360 g/mol. The fourth-order valence-electron chi connectivity index (χ4n) is 1.89. The van der Waals surface area contributed by atoms with E-state index in [0.717, 1.165) is 22.6 Å². The molecule has 0 bridgehead atoms. The van der Waals surface area contributed by atoms with Crippen LogP contribution in [0.5, 0.6) is 0 Å². The molecule has 2 aromatic carbocycles. The summed E-state index contributed by atoms with van der Waals surface area (Å²) in [6.07, 6.45) is 1.98. The smallest absolute Gasteiger partial charge is 0.207 e. The molecule has 118 valence electrons. The second kappa shape index (κ2) is 7.00. The van der Waals surface area contributed by atoms with Gasteiger partial charge in [-0.05, 0) is 42.2 Å². The molecular weight excluding hydrogens is 345 g/mol. The van der Waals surface area contributed by atoms with Crippen molar-refractivity contribution in [1.29, 1.82) is 0 Å². The van der Waals surface area contributed by atoms with Gasteiger partial charge >= 0.3 is 0 Å². The molecule has 0 saturated carbocycles. The molecule has 0 aliphatic rings. The maximum absolute atomic E-state index is 13.2. The van der Waals surface area contributed by atoms with Crippen molar-refractivity contribution in [3.05, 3.63) is 58.9 Å². The minimum atomic E-state index is -3.72. The van der Waals surface area contributed by atoms with Crippen LogP contribution < -0.4 is 0 Å². The molecule has 0 N–H and O–H groups in total. The molecule has 0 spiro atoms. The van der Waals surface area contributed by atoms with Crippen molar-refractivity contribution in [2.24, 2.45) is 0 Å². The summed E-state index contributed by atoms with van der Waals surface area (Å²) in [7, 11) is -2.23. The molecule has 2 aromatic rings. The van der Waals surface area contributed by atoms with Crippen LogP contribution in [0.15, 0.2) is 52.3 Å². The van der Waals surface area contributed by atoms with E-state index in [1.807, 2.05) is 30.5 Å². The van der Waals surface area contributed by atoms with Crippen molar-refractivity contribution in [1.82, 2.24) is 4.31 Å². The number of benzene rings is 2. The first-order valence-electron chi connectivity index (χ1n) is 6.39. The average Bonchev–Trinajstić information content (AvgIpc) is 2.50. The molecule has 0 aliphatic carbocycles. The first-order chi connectivity index (χ1) is 10.3. The maximum atomic E-state index is 13.2. The van der Waals surface area contributed by atoms with Crippen LogP contribution in [0, 0.1) is 5.82 Å². The van der Waals surface area contributed by atoms with Crippen molar-refractivity contribution in [3.8, 4) is 0 Å². The van der Waals surface area contributed by atoms with Gasteiger partial charge in [-0.25, -0.2) is 12.8 Å². The zero-order valence-electron chi connectivity index (χ0n) is 12.1. The van der Waals surface area contributed by atoms with E-state index < -0.39 is 15.8 Å². The van der Waals surface area contributed by atoms with E-state index in [1.165, 1.54) is 17.4 Å². The van der Waals surface area contributed by atoms with Gasteiger partial charge in [-0.3, -0.25) is 0 Å². The second-order valence-corrected chi connectivity index (χ2v) is 8.02. The molecule has 0 unspecified atom stereocenters. The van der Waals surface area contributed by atoms with E-state index in [-0.39, 0.29) is 16.5 Å². The zero-order chi connectivity index (χ0) is 16.3. The minimum Gasteiger partial charge on any atom is -0.207 e. The lowest BCUT2D eigenvalue weighted by molar-refractivity contribution is 0.466. The standard InChI is InChI=1S/C15H15ClFNO2S2/c1-18(10-11-3-5-12(21-2)6-4-11)22(19,20)13-7-8-15(17)14(16)9-13/h3-9H,10H2,1-2H3. The molecule has 0 fully saturated rings. The maximum Gasteiger partial charge on any atom is 0.243 e. The van der Waals surface area contributed by atoms with Crippen LogP contribution in [0.3, 0.4) is 0 Å². The Morgan fingerprint density at radius 3 is 2.36 bits per heavy atom. The number of nitrogens with zero attached hydrogens (tertiary/aromatic N) is 1. The number of thioether (sulfide) groups is 1. The van der Waals surface area contributed by atoms with Gasteiger partial charge in [-0.2, -0.15) is 4.31 Å². The molecule has 0 heterocycles. The molecule has 2 rings (SSSR count). The topological polar surface area (TPSA) is 37.4 Å². The summed E-state index contributed by atoms with van der Waals surface area (Å²) in [5.74, 6) is -0.643. The van der Waals surface area contributed by atoms with Crippen LogP contribution in [-0.2, 0) is 16.6 Å². The summed E-state index contributed by atoms with van der Waals surface area (Å²) >= 11 is 7.28. The van der Waals surface area contributed by atoms with Crippen LogP contribution >= 0.6 is 23.4 Å². The van der Waals surface area contributed by atoms with Gasteiger partial charge in [0.25, 0.3) is 0 Å². The number of halogens is 2. The Morgan fingerprint density at radius 2 is 1.82 bits per heavy atom. The molecular formula is C15H15ClFNO2S2. The van der Waals surface area contributed by atoms with Crippen LogP contribution in [0.2, 0.25) is 5.02 Å². The third-order valence-electron chi connectivity index (χ3n) is 3.16. The molecule has 22 heavy (non-hydrogen) atoms. The Labute approximate surface area is 139 Å². The normalized spacial score (nSPS) is 11.9. The van der Waals surface area contributed by atoms with E-state index in [9.17, 15) is 12.8 Å². The summed E-state index contributed by atoms with van der Waals surface area (Å²) < 4.78 is 39.3. The van der Waals surface area contributed by atoms with Gasteiger partial charge in [0.1, 0.15) is 5.82 Å². The largest absolute Gasteiger partial charge is 0.243 e.